The monoisotopic (exact) mass is 547 g/mol. The third-order valence-electron chi connectivity index (χ3n) is 4.33. The maximum atomic E-state index is 12.9. The second-order valence-electron chi connectivity index (χ2n) is 10.1. The van der Waals surface area contributed by atoms with E-state index in [1.165, 1.54) is 42.5 Å². The molecule has 2 aromatic rings. The lowest BCUT2D eigenvalue weighted by molar-refractivity contribution is -0.136. The number of carbonyl (C=O) groups excluding carboxylic acids is 3. The highest BCUT2D eigenvalue weighted by atomic mass is 35.5. The molecule has 2 amide bonds. The van der Waals surface area contributed by atoms with Gasteiger partial charge in [-0.3, -0.25) is 15.5 Å². The van der Waals surface area contributed by atoms with Gasteiger partial charge >= 0.3 is 24.1 Å². The van der Waals surface area contributed by atoms with Gasteiger partial charge in [-0.15, -0.1) is 0 Å². The lowest BCUT2D eigenvalue weighted by Crippen LogP contribution is -2.49. The summed E-state index contributed by atoms with van der Waals surface area (Å²) in [5.74, 6) is -2.39. The number of carbonyl (C=O) groups is 4. The van der Waals surface area contributed by atoms with Crippen molar-refractivity contribution in [3.05, 3.63) is 58.6 Å². The average Bonchev–Trinajstić information content (AvgIpc) is 2.73. The fraction of sp³-hybridized carbons (Fsp3) is 0.346. The summed E-state index contributed by atoms with van der Waals surface area (Å²) in [5.41, 5.74) is -1.08. The van der Waals surface area contributed by atoms with Crippen molar-refractivity contribution < 1.29 is 38.5 Å². The second kappa shape index (κ2) is 12.0. The molecule has 38 heavy (non-hydrogen) atoms. The van der Waals surface area contributed by atoms with Gasteiger partial charge in [0.25, 0.3) is 0 Å². The zero-order valence-corrected chi connectivity index (χ0v) is 22.6. The van der Waals surface area contributed by atoms with Gasteiger partial charge in [0.2, 0.25) is 5.96 Å². The SMILES string of the molecule is CC(C)(C)OC(=O)NC(=N)N(C(=O)OC(C)(C)C)c1ccc(C(=O)Oc2ccc(CC(=O)O)cc2Cl)cc1. The molecule has 12 heteroatoms. The fourth-order valence-corrected chi connectivity index (χ4v) is 3.15. The maximum Gasteiger partial charge on any atom is 0.421 e. The molecule has 204 valence electrons. The van der Waals surface area contributed by atoms with Crippen LogP contribution < -0.4 is 15.0 Å². The lowest BCUT2D eigenvalue weighted by atomic mass is 10.1. The Morgan fingerprint density at radius 1 is 0.947 bits per heavy atom. The van der Waals surface area contributed by atoms with E-state index in [-0.39, 0.29) is 28.4 Å². The van der Waals surface area contributed by atoms with E-state index in [4.69, 9.17) is 36.3 Å². The van der Waals surface area contributed by atoms with Gasteiger partial charge in [-0.2, -0.15) is 0 Å². The number of amides is 2. The summed E-state index contributed by atoms with van der Waals surface area (Å²) in [4.78, 5) is 49.4. The molecule has 0 radical (unpaired) electrons. The molecule has 0 bridgehead atoms. The molecule has 0 aliphatic rings. The highest BCUT2D eigenvalue weighted by Crippen LogP contribution is 2.27. The molecule has 2 rings (SSSR count). The number of rotatable bonds is 5. The van der Waals surface area contributed by atoms with Crippen LogP contribution in [-0.2, 0) is 20.7 Å². The molecule has 0 atom stereocenters. The number of carboxylic acid groups (broad SMARTS) is 1. The number of guanidine groups is 1. The van der Waals surface area contributed by atoms with E-state index in [2.05, 4.69) is 5.32 Å². The lowest BCUT2D eigenvalue weighted by Gasteiger charge is -2.28. The van der Waals surface area contributed by atoms with Crippen LogP contribution in [0, 0.1) is 5.41 Å². The minimum absolute atomic E-state index is 0.0357. The summed E-state index contributed by atoms with van der Waals surface area (Å²) in [6.45, 7) is 9.89. The van der Waals surface area contributed by atoms with Crippen molar-refractivity contribution in [3.8, 4) is 5.75 Å². The molecule has 3 N–H and O–H groups in total. The Morgan fingerprint density at radius 3 is 2.03 bits per heavy atom. The van der Waals surface area contributed by atoms with Crippen molar-refractivity contribution in [1.82, 2.24) is 5.32 Å². The first-order chi connectivity index (χ1) is 17.4. The first kappa shape index (κ1) is 30.1. The van der Waals surface area contributed by atoms with Crippen LogP contribution in [0.15, 0.2) is 42.5 Å². The van der Waals surface area contributed by atoms with E-state index >= 15 is 0 Å². The van der Waals surface area contributed by atoms with Crippen LogP contribution in [0.25, 0.3) is 0 Å². The zero-order valence-electron chi connectivity index (χ0n) is 21.9. The largest absolute Gasteiger partial charge is 0.481 e. The molecule has 0 fully saturated rings. The third kappa shape index (κ3) is 9.40. The number of nitrogens with one attached hydrogen (secondary N) is 2. The fourth-order valence-electron chi connectivity index (χ4n) is 2.91. The van der Waals surface area contributed by atoms with E-state index in [0.29, 0.717) is 5.56 Å². The van der Waals surface area contributed by atoms with Gasteiger partial charge in [0.15, 0.2) is 0 Å². The standard InChI is InChI=1S/C26H30ClN3O8/c1-25(2,3)37-23(34)29-22(28)30(24(35)38-26(4,5)6)17-10-8-16(9-11-17)21(33)36-19-12-7-15(13-18(19)27)14-20(31)32/h7-13H,14H2,1-6H3,(H,31,32)(H2,28,29,34). The second-order valence-corrected chi connectivity index (χ2v) is 10.5. The Morgan fingerprint density at radius 2 is 1.53 bits per heavy atom. The zero-order chi connectivity index (χ0) is 28.8. The molecule has 0 saturated heterocycles. The number of ether oxygens (including phenoxy) is 3. The number of halogens is 1. The number of nitrogens with zero attached hydrogens (tertiary/aromatic N) is 1. The van der Waals surface area contributed by atoms with E-state index in [9.17, 15) is 19.2 Å². The highest BCUT2D eigenvalue weighted by molar-refractivity contribution is 6.32. The highest BCUT2D eigenvalue weighted by Gasteiger charge is 2.29. The van der Waals surface area contributed by atoms with Gasteiger partial charge in [-0.05, 0) is 83.5 Å². The number of anilines is 1. The third-order valence-corrected chi connectivity index (χ3v) is 4.63. The predicted octanol–water partition coefficient (Wildman–Crippen LogP) is 5.39. The van der Waals surface area contributed by atoms with Gasteiger partial charge in [0, 0.05) is 0 Å². The van der Waals surface area contributed by atoms with Crippen LogP contribution >= 0.6 is 11.6 Å². The summed E-state index contributed by atoms with van der Waals surface area (Å²) < 4.78 is 15.8. The van der Waals surface area contributed by atoms with E-state index in [1.54, 1.807) is 41.5 Å². The molecular formula is C26H30ClN3O8. The number of carboxylic acids is 1. The van der Waals surface area contributed by atoms with Crippen molar-refractivity contribution in [2.45, 2.75) is 59.2 Å². The van der Waals surface area contributed by atoms with Crippen molar-refractivity contribution >= 4 is 47.4 Å². The number of esters is 1. The van der Waals surface area contributed by atoms with Crippen LogP contribution in [0.5, 0.6) is 5.75 Å². The van der Waals surface area contributed by atoms with Crippen LogP contribution in [0.4, 0.5) is 15.3 Å². The molecule has 0 unspecified atom stereocenters. The number of alkyl carbamates (subject to hydrolysis) is 1. The van der Waals surface area contributed by atoms with Gasteiger partial charge in [-0.1, -0.05) is 17.7 Å². The molecule has 0 spiro atoms. The topological polar surface area (TPSA) is 155 Å². The summed E-state index contributed by atoms with van der Waals surface area (Å²) in [6.07, 6.45) is -2.12. The number of hydrogen-bond donors (Lipinski definition) is 3. The maximum absolute atomic E-state index is 12.9. The van der Waals surface area contributed by atoms with Crippen LogP contribution in [0.3, 0.4) is 0 Å². The van der Waals surface area contributed by atoms with Gasteiger partial charge in [-0.25, -0.2) is 19.3 Å². The Hall–Kier alpha value is -4.12. The van der Waals surface area contributed by atoms with Gasteiger partial charge in [0.1, 0.15) is 17.0 Å². The smallest absolute Gasteiger partial charge is 0.421 e. The first-order valence-corrected chi connectivity index (χ1v) is 11.8. The van der Waals surface area contributed by atoms with E-state index < -0.39 is 41.3 Å². The first-order valence-electron chi connectivity index (χ1n) is 11.4. The molecular weight excluding hydrogens is 518 g/mol. The van der Waals surface area contributed by atoms with Gasteiger partial charge < -0.3 is 19.3 Å². The Kier molecular flexibility index (Phi) is 9.47. The van der Waals surface area contributed by atoms with Crippen LogP contribution in [-0.4, -0.2) is 46.4 Å². The van der Waals surface area contributed by atoms with Crippen molar-refractivity contribution in [3.63, 3.8) is 0 Å². The van der Waals surface area contributed by atoms with E-state index in [1.807, 2.05) is 0 Å². The van der Waals surface area contributed by atoms with Crippen molar-refractivity contribution in [2.24, 2.45) is 0 Å². The minimum Gasteiger partial charge on any atom is -0.481 e. The number of hydrogen-bond acceptors (Lipinski definition) is 8. The Labute approximate surface area is 225 Å². The summed E-state index contributed by atoms with van der Waals surface area (Å²) in [7, 11) is 0. The molecule has 2 aromatic carbocycles. The van der Waals surface area contributed by atoms with Crippen LogP contribution in [0.2, 0.25) is 5.02 Å². The van der Waals surface area contributed by atoms with Crippen molar-refractivity contribution in [1.29, 1.82) is 5.41 Å². The molecule has 0 heterocycles. The molecule has 11 nitrogen and oxygen atoms in total. The molecule has 0 aliphatic carbocycles. The molecule has 0 saturated carbocycles. The minimum atomic E-state index is -1.03. The Balaban J connectivity index is 2.25. The van der Waals surface area contributed by atoms with E-state index in [0.717, 1.165) is 4.90 Å². The summed E-state index contributed by atoms with van der Waals surface area (Å²) in [6, 6.07) is 9.69. The average molecular weight is 548 g/mol. The summed E-state index contributed by atoms with van der Waals surface area (Å²) >= 11 is 6.12. The molecule has 0 aliphatic heterocycles. The predicted molar refractivity (Wildman–Crippen MR) is 140 cm³/mol. The van der Waals surface area contributed by atoms with Crippen LogP contribution in [0.1, 0.15) is 57.5 Å². The molecule has 0 aromatic heterocycles. The van der Waals surface area contributed by atoms with Gasteiger partial charge in [0.05, 0.1) is 22.7 Å². The summed E-state index contributed by atoms with van der Waals surface area (Å²) in [5, 5.41) is 19.5. The number of aliphatic carboxylic acids is 1. The van der Waals surface area contributed by atoms with Crippen molar-refractivity contribution in [2.75, 3.05) is 4.90 Å². The normalized spacial score (nSPS) is 11.2. The number of benzene rings is 2. The Bertz CT molecular complexity index is 1230. The quantitative estimate of drug-likeness (QED) is 0.195.